The SMILES string of the molecule is CC1(C)CNC(C)(CCN2CCCC2)OC1.Cl. The van der Waals surface area contributed by atoms with Crippen LogP contribution < -0.4 is 5.32 Å². The van der Waals surface area contributed by atoms with Crippen LogP contribution in [0.1, 0.15) is 40.0 Å². The number of ether oxygens (including phenoxy) is 1. The minimum Gasteiger partial charge on any atom is -0.360 e. The molecule has 0 spiro atoms. The molecule has 1 unspecified atom stereocenters. The van der Waals surface area contributed by atoms with Gasteiger partial charge in [0, 0.05) is 24.9 Å². The molecule has 1 N–H and O–H groups in total. The summed E-state index contributed by atoms with van der Waals surface area (Å²) in [7, 11) is 0. The van der Waals surface area contributed by atoms with Crippen LogP contribution in [-0.2, 0) is 4.74 Å². The maximum absolute atomic E-state index is 6.00. The minimum atomic E-state index is -0.0991. The van der Waals surface area contributed by atoms with Crippen molar-refractivity contribution in [3.05, 3.63) is 0 Å². The third kappa shape index (κ3) is 4.40. The molecular formula is C13H27ClN2O. The Morgan fingerprint density at radius 2 is 1.82 bits per heavy atom. The molecule has 2 saturated heterocycles. The second-order valence-corrected chi connectivity index (χ2v) is 6.34. The fourth-order valence-electron chi connectivity index (χ4n) is 2.42. The topological polar surface area (TPSA) is 24.5 Å². The zero-order valence-electron chi connectivity index (χ0n) is 11.4. The van der Waals surface area contributed by atoms with E-state index in [0.717, 1.165) is 19.6 Å². The highest BCUT2D eigenvalue weighted by Crippen LogP contribution is 2.26. The molecule has 0 radical (unpaired) electrons. The van der Waals surface area contributed by atoms with Gasteiger partial charge in [0.25, 0.3) is 0 Å². The zero-order valence-corrected chi connectivity index (χ0v) is 12.2. The third-order valence-corrected chi connectivity index (χ3v) is 3.83. The first-order valence-corrected chi connectivity index (χ1v) is 6.61. The molecule has 0 bridgehead atoms. The second kappa shape index (κ2) is 5.87. The van der Waals surface area contributed by atoms with Crippen LogP contribution in [0.25, 0.3) is 0 Å². The first kappa shape index (κ1) is 15.2. The molecule has 102 valence electrons. The van der Waals surface area contributed by atoms with E-state index in [-0.39, 0.29) is 23.5 Å². The van der Waals surface area contributed by atoms with E-state index in [1.54, 1.807) is 0 Å². The summed E-state index contributed by atoms with van der Waals surface area (Å²) < 4.78 is 6.00. The van der Waals surface area contributed by atoms with Crippen molar-refractivity contribution < 1.29 is 4.74 Å². The molecule has 0 aromatic heterocycles. The molecule has 2 fully saturated rings. The molecule has 1 atom stereocenters. The molecule has 4 heteroatoms. The van der Waals surface area contributed by atoms with Crippen LogP contribution in [0.15, 0.2) is 0 Å². The van der Waals surface area contributed by atoms with Crippen molar-refractivity contribution >= 4 is 12.4 Å². The van der Waals surface area contributed by atoms with Gasteiger partial charge in [-0.3, -0.25) is 5.32 Å². The van der Waals surface area contributed by atoms with E-state index in [0.29, 0.717) is 0 Å². The lowest BCUT2D eigenvalue weighted by Crippen LogP contribution is -2.56. The maximum Gasteiger partial charge on any atom is 0.117 e. The van der Waals surface area contributed by atoms with E-state index in [4.69, 9.17) is 4.74 Å². The standard InChI is InChI=1S/C13H26N2O.ClH/c1-12(2)10-14-13(3,16-11-12)6-9-15-7-4-5-8-15;/h14H,4-11H2,1-3H3;1H. The Morgan fingerprint density at radius 3 is 2.35 bits per heavy atom. The number of rotatable bonds is 3. The highest BCUT2D eigenvalue weighted by atomic mass is 35.5. The number of nitrogens with zero attached hydrogens (tertiary/aromatic N) is 1. The molecule has 0 amide bonds. The number of nitrogens with one attached hydrogen (secondary N) is 1. The van der Waals surface area contributed by atoms with Gasteiger partial charge < -0.3 is 9.64 Å². The molecule has 0 aromatic rings. The monoisotopic (exact) mass is 262 g/mol. The van der Waals surface area contributed by atoms with Gasteiger partial charge in [-0.25, -0.2) is 0 Å². The summed E-state index contributed by atoms with van der Waals surface area (Å²) in [6, 6.07) is 0. The lowest BCUT2D eigenvalue weighted by Gasteiger charge is -2.43. The Balaban J connectivity index is 0.00000144. The lowest BCUT2D eigenvalue weighted by molar-refractivity contribution is -0.132. The summed E-state index contributed by atoms with van der Waals surface area (Å²) in [5.74, 6) is 0. The first-order chi connectivity index (χ1) is 7.49. The molecular weight excluding hydrogens is 236 g/mol. The third-order valence-electron chi connectivity index (χ3n) is 3.83. The summed E-state index contributed by atoms with van der Waals surface area (Å²) in [6.45, 7) is 12.4. The Morgan fingerprint density at radius 1 is 1.18 bits per heavy atom. The summed E-state index contributed by atoms with van der Waals surface area (Å²) >= 11 is 0. The quantitative estimate of drug-likeness (QED) is 0.845. The molecule has 0 aliphatic carbocycles. The fourth-order valence-corrected chi connectivity index (χ4v) is 2.42. The highest BCUT2D eigenvalue weighted by molar-refractivity contribution is 5.85. The van der Waals surface area contributed by atoms with Crippen LogP contribution in [-0.4, -0.2) is 43.4 Å². The number of halogens is 1. The Labute approximate surface area is 112 Å². The molecule has 0 aromatic carbocycles. The summed E-state index contributed by atoms with van der Waals surface area (Å²) in [5, 5.41) is 3.56. The molecule has 2 aliphatic rings. The van der Waals surface area contributed by atoms with E-state index in [9.17, 15) is 0 Å². The summed E-state index contributed by atoms with van der Waals surface area (Å²) in [6.07, 6.45) is 3.85. The van der Waals surface area contributed by atoms with Gasteiger partial charge in [-0.15, -0.1) is 12.4 Å². The van der Waals surface area contributed by atoms with Crippen LogP contribution >= 0.6 is 12.4 Å². The van der Waals surface area contributed by atoms with Gasteiger partial charge in [-0.2, -0.15) is 0 Å². The Kier molecular flexibility index (Phi) is 5.26. The van der Waals surface area contributed by atoms with Crippen molar-refractivity contribution in [1.29, 1.82) is 0 Å². The largest absolute Gasteiger partial charge is 0.360 e. The lowest BCUT2D eigenvalue weighted by atomic mass is 9.91. The minimum absolute atomic E-state index is 0. The van der Waals surface area contributed by atoms with Gasteiger partial charge in [0.2, 0.25) is 0 Å². The van der Waals surface area contributed by atoms with Crippen molar-refractivity contribution in [2.45, 2.75) is 45.8 Å². The highest BCUT2D eigenvalue weighted by Gasteiger charge is 2.35. The van der Waals surface area contributed by atoms with Crippen LogP contribution in [0, 0.1) is 5.41 Å². The number of likely N-dealkylation sites (tertiary alicyclic amines) is 1. The van der Waals surface area contributed by atoms with Crippen LogP contribution in [0.2, 0.25) is 0 Å². The average molecular weight is 263 g/mol. The molecule has 2 aliphatic heterocycles. The maximum atomic E-state index is 6.00. The molecule has 3 nitrogen and oxygen atoms in total. The van der Waals surface area contributed by atoms with Crippen molar-refractivity contribution in [2.24, 2.45) is 5.41 Å². The van der Waals surface area contributed by atoms with Gasteiger partial charge in [0.15, 0.2) is 0 Å². The van der Waals surface area contributed by atoms with Gasteiger partial charge in [-0.05, 0) is 32.9 Å². The second-order valence-electron chi connectivity index (χ2n) is 6.34. The van der Waals surface area contributed by atoms with E-state index in [1.165, 1.54) is 32.5 Å². The molecule has 2 rings (SSSR count). The normalized spacial score (nSPS) is 33.4. The van der Waals surface area contributed by atoms with Crippen molar-refractivity contribution in [3.8, 4) is 0 Å². The molecule has 0 saturated carbocycles. The van der Waals surface area contributed by atoms with Gasteiger partial charge in [0.05, 0.1) is 6.61 Å². The molecule has 2 heterocycles. The van der Waals surface area contributed by atoms with Crippen molar-refractivity contribution in [2.75, 3.05) is 32.8 Å². The fraction of sp³-hybridized carbons (Fsp3) is 1.00. The van der Waals surface area contributed by atoms with E-state index < -0.39 is 0 Å². The Hall–Kier alpha value is 0.170. The average Bonchev–Trinajstić information content (AvgIpc) is 2.74. The predicted molar refractivity (Wildman–Crippen MR) is 73.7 cm³/mol. The van der Waals surface area contributed by atoms with Crippen molar-refractivity contribution in [1.82, 2.24) is 10.2 Å². The van der Waals surface area contributed by atoms with Gasteiger partial charge in [0.1, 0.15) is 5.72 Å². The summed E-state index contributed by atoms with van der Waals surface area (Å²) in [4.78, 5) is 2.55. The van der Waals surface area contributed by atoms with Crippen LogP contribution in [0.4, 0.5) is 0 Å². The van der Waals surface area contributed by atoms with E-state index in [1.807, 2.05) is 0 Å². The van der Waals surface area contributed by atoms with Crippen LogP contribution in [0.3, 0.4) is 0 Å². The smallest absolute Gasteiger partial charge is 0.117 e. The number of hydrogen-bond donors (Lipinski definition) is 1. The van der Waals surface area contributed by atoms with Crippen LogP contribution in [0.5, 0.6) is 0 Å². The van der Waals surface area contributed by atoms with Gasteiger partial charge in [-0.1, -0.05) is 13.8 Å². The predicted octanol–water partition coefficient (Wildman–Crippen LogP) is 2.26. The number of hydrogen-bond acceptors (Lipinski definition) is 3. The van der Waals surface area contributed by atoms with Gasteiger partial charge >= 0.3 is 0 Å². The molecule has 17 heavy (non-hydrogen) atoms. The summed E-state index contributed by atoms with van der Waals surface area (Å²) in [5.41, 5.74) is 0.186. The van der Waals surface area contributed by atoms with Crippen molar-refractivity contribution in [3.63, 3.8) is 0 Å². The van der Waals surface area contributed by atoms with E-state index in [2.05, 4.69) is 31.0 Å². The first-order valence-electron chi connectivity index (χ1n) is 6.61. The Bertz CT molecular complexity index is 230. The van der Waals surface area contributed by atoms with E-state index >= 15 is 0 Å². The zero-order chi connectivity index (χ0) is 11.6.